The van der Waals surface area contributed by atoms with E-state index < -0.39 is 17.3 Å². The van der Waals surface area contributed by atoms with Crippen molar-refractivity contribution in [1.29, 1.82) is 0 Å². The van der Waals surface area contributed by atoms with E-state index in [1.807, 2.05) is 39.8 Å². The van der Waals surface area contributed by atoms with E-state index in [1.165, 1.54) is 13.2 Å². The first kappa shape index (κ1) is 24.9. The first-order chi connectivity index (χ1) is 15.0. The third-order valence-electron chi connectivity index (χ3n) is 5.15. The molecule has 6 heteroatoms. The van der Waals surface area contributed by atoms with E-state index in [0.717, 1.165) is 22.8 Å². The highest BCUT2D eigenvalue weighted by atomic mass is 16.5. The number of hydrogen-bond acceptors (Lipinski definition) is 6. The van der Waals surface area contributed by atoms with Crippen LogP contribution in [0, 0.1) is 5.92 Å². The van der Waals surface area contributed by atoms with Crippen molar-refractivity contribution in [3.8, 4) is 17.2 Å². The number of benzene rings is 1. The van der Waals surface area contributed by atoms with Crippen LogP contribution in [0.15, 0.2) is 64.7 Å². The van der Waals surface area contributed by atoms with Gasteiger partial charge in [-0.15, -0.1) is 0 Å². The topological polar surface area (TPSA) is 107 Å². The van der Waals surface area contributed by atoms with Gasteiger partial charge in [-0.05, 0) is 52.2 Å². The molecule has 1 aromatic carbocycles. The molecule has 1 aliphatic rings. The number of methoxy groups -OCH3 is 1. The molecule has 1 aromatic rings. The number of rotatable bonds is 8. The Kier molecular flexibility index (Phi) is 8.35. The summed E-state index contributed by atoms with van der Waals surface area (Å²) in [5.41, 5.74) is 2.85. The number of carbonyl (C=O) groups excluding carboxylic acids is 1. The maximum Gasteiger partial charge on any atom is 0.193 e. The standard InChI is InChI=1S/C26H32O6/c1-15(2)6-9-18-12-17(13-23(30)26(18)32-5)8-11-20(27)24-22(29)14-21(28)19(25(24)31)10-7-16(3)4/h6-8,11-12,14,17,28-31H,9-10,13H2,1-5H3. The maximum atomic E-state index is 12.8. The molecule has 0 aromatic heterocycles. The van der Waals surface area contributed by atoms with Gasteiger partial charge in [0.15, 0.2) is 11.5 Å². The first-order valence-electron chi connectivity index (χ1n) is 10.5. The van der Waals surface area contributed by atoms with Crippen LogP contribution in [0.1, 0.15) is 56.5 Å². The van der Waals surface area contributed by atoms with Gasteiger partial charge in [-0.1, -0.05) is 35.5 Å². The summed E-state index contributed by atoms with van der Waals surface area (Å²) in [6, 6.07) is 1.06. The SMILES string of the molecule is COC1=C(O)CC(C=CC(=O)c2c(O)cc(O)c(CC=C(C)C)c2O)C=C1CC=C(C)C. The highest BCUT2D eigenvalue weighted by Gasteiger charge is 2.23. The van der Waals surface area contributed by atoms with E-state index in [-0.39, 0.29) is 41.4 Å². The van der Waals surface area contributed by atoms with Gasteiger partial charge in [0, 0.05) is 24.0 Å². The minimum absolute atomic E-state index is 0.105. The predicted molar refractivity (Wildman–Crippen MR) is 125 cm³/mol. The van der Waals surface area contributed by atoms with Gasteiger partial charge in [0.2, 0.25) is 0 Å². The van der Waals surface area contributed by atoms with Crippen molar-refractivity contribution in [2.45, 2.75) is 47.0 Å². The summed E-state index contributed by atoms with van der Waals surface area (Å²) in [6.07, 6.45) is 9.72. The molecule has 6 nitrogen and oxygen atoms in total. The summed E-state index contributed by atoms with van der Waals surface area (Å²) >= 11 is 0. The Hall–Kier alpha value is -3.41. The first-order valence-corrected chi connectivity index (χ1v) is 10.5. The number of aromatic hydroxyl groups is 3. The zero-order valence-corrected chi connectivity index (χ0v) is 19.3. The van der Waals surface area contributed by atoms with Gasteiger partial charge in [0.1, 0.15) is 28.6 Å². The number of aliphatic hydroxyl groups excluding tert-OH is 1. The summed E-state index contributed by atoms with van der Waals surface area (Å²) in [6.45, 7) is 7.73. The molecule has 0 aliphatic heterocycles. The molecule has 0 saturated heterocycles. The Bertz CT molecular complexity index is 1030. The minimum Gasteiger partial charge on any atom is -0.508 e. The van der Waals surface area contributed by atoms with Crippen molar-refractivity contribution in [2.24, 2.45) is 5.92 Å². The summed E-state index contributed by atoms with van der Waals surface area (Å²) in [7, 11) is 1.50. The lowest BCUT2D eigenvalue weighted by molar-refractivity contribution is 0.104. The smallest absolute Gasteiger partial charge is 0.193 e. The molecule has 0 fully saturated rings. The number of allylic oxidation sites excluding steroid dienone is 9. The lowest BCUT2D eigenvalue weighted by Crippen LogP contribution is -2.10. The second-order valence-electron chi connectivity index (χ2n) is 8.35. The predicted octanol–water partition coefficient (Wildman–Crippen LogP) is 5.77. The molecule has 0 heterocycles. The number of ether oxygens (including phenoxy) is 1. The molecule has 0 spiro atoms. The number of hydrogen-bond donors (Lipinski definition) is 4. The second kappa shape index (κ2) is 10.8. The van der Waals surface area contributed by atoms with Crippen LogP contribution in [0.2, 0.25) is 0 Å². The lowest BCUT2D eigenvalue weighted by Gasteiger charge is -2.21. The number of phenolic OH excluding ortho intramolecular Hbond substituents is 3. The van der Waals surface area contributed by atoms with E-state index in [4.69, 9.17) is 4.74 Å². The van der Waals surface area contributed by atoms with Crippen LogP contribution in [0.3, 0.4) is 0 Å². The second-order valence-corrected chi connectivity index (χ2v) is 8.35. The third-order valence-corrected chi connectivity index (χ3v) is 5.15. The monoisotopic (exact) mass is 440 g/mol. The van der Waals surface area contributed by atoms with E-state index >= 15 is 0 Å². The quantitative estimate of drug-likeness (QED) is 0.232. The molecule has 172 valence electrons. The Balaban J connectivity index is 2.33. The van der Waals surface area contributed by atoms with Crippen molar-refractivity contribution in [3.05, 3.63) is 75.8 Å². The van der Waals surface area contributed by atoms with Crippen LogP contribution in [0.25, 0.3) is 0 Å². The molecule has 1 aliphatic carbocycles. The average molecular weight is 441 g/mol. The highest BCUT2D eigenvalue weighted by molar-refractivity contribution is 6.09. The zero-order valence-electron chi connectivity index (χ0n) is 19.3. The molecular weight excluding hydrogens is 408 g/mol. The minimum atomic E-state index is -0.598. The summed E-state index contributed by atoms with van der Waals surface area (Å²) in [5.74, 6) is -1.53. The number of phenols is 3. The molecule has 0 amide bonds. The van der Waals surface area contributed by atoms with Crippen LogP contribution in [-0.2, 0) is 11.2 Å². The van der Waals surface area contributed by atoms with Crippen LogP contribution < -0.4 is 0 Å². The summed E-state index contributed by atoms with van der Waals surface area (Å²) in [5, 5.41) is 41.2. The molecule has 2 rings (SSSR count). The summed E-state index contributed by atoms with van der Waals surface area (Å²) in [4.78, 5) is 12.8. The number of ketones is 1. The van der Waals surface area contributed by atoms with Gasteiger partial charge in [0.25, 0.3) is 0 Å². The van der Waals surface area contributed by atoms with Crippen molar-refractivity contribution >= 4 is 5.78 Å². The highest BCUT2D eigenvalue weighted by Crippen LogP contribution is 2.39. The maximum absolute atomic E-state index is 12.8. The van der Waals surface area contributed by atoms with E-state index in [9.17, 15) is 25.2 Å². The average Bonchev–Trinajstić information content (AvgIpc) is 2.69. The van der Waals surface area contributed by atoms with Crippen molar-refractivity contribution in [3.63, 3.8) is 0 Å². The van der Waals surface area contributed by atoms with Gasteiger partial charge in [0.05, 0.1) is 7.11 Å². The molecule has 32 heavy (non-hydrogen) atoms. The van der Waals surface area contributed by atoms with Gasteiger partial charge < -0.3 is 25.2 Å². The van der Waals surface area contributed by atoms with Crippen LogP contribution in [0.4, 0.5) is 0 Å². The van der Waals surface area contributed by atoms with Crippen LogP contribution in [-0.4, -0.2) is 33.3 Å². The van der Waals surface area contributed by atoms with Crippen molar-refractivity contribution in [1.82, 2.24) is 0 Å². The lowest BCUT2D eigenvalue weighted by atomic mass is 9.90. The molecule has 1 unspecified atom stereocenters. The zero-order chi connectivity index (χ0) is 24.0. The van der Waals surface area contributed by atoms with Crippen LogP contribution in [0.5, 0.6) is 17.2 Å². The fourth-order valence-electron chi connectivity index (χ4n) is 3.47. The largest absolute Gasteiger partial charge is 0.508 e. The number of aliphatic hydroxyl groups is 1. The Labute approximate surface area is 189 Å². The van der Waals surface area contributed by atoms with E-state index in [0.29, 0.717) is 12.2 Å². The van der Waals surface area contributed by atoms with E-state index in [2.05, 4.69) is 0 Å². The van der Waals surface area contributed by atoms with Gasteiger partial charge in [-0.25, -0.2) is 0 Å². The van der Waals surface area contributed by atoms with Crippen LogP contribution >= 0.6 is 0 Å². The Morgan fingerprint density at radius 2 is 1.66 bits per heavy atom. The fourth-order valence-corrected chi connectivity index (χ4v) is 3.47. The van der Waals surface area contributed by atoms with Gasteiger partial charge >= 0.3 is 0 Å². The normalized spacial score (nSPS) is 16.0. The van der Waals surface area contributed by atoms with Gasteiger partial charge in [-0.2, -0.15) is 0 Å². The summed E-state index contributed by atoms with van der Waals surface area (Å²) < 4.78 is 5.33. The molecule has 0 bridgehead atoms. The Morgan fingerprint density at radius 1 is 1.03 bits per heavy atom. The molecule has 4 N–H and O–H groups in total. The van der Waals surface area contributed by atoms with Crippen molar-refractivity contribution < 1.29 is 30.0 Å². The van der Waals surface area contributed by atoms with E-state index in [1.54, 1.807) is 12.2 Å². The van der Waals surface area contributed by atoms with Gasteiger partial charge in [-0.3, -0.25) is 4.79 Å². The Morgan fingerprint density at radius 3 is 2.25 bits per heavy atom. The molecule has 1 atom stereocenters. The van der Waals surface area contributed by atoms with Crippen molar-refractivity contribution in [2.75, 3.05) is 7.11 Å². The molecular formula is C26H32O6. The fraction of sp³-hybridized carbons (Fsp3) is 0.346. The third kappa shape index (κ3) is 6.06. The molecule has 0 radical (unpaired) electrons. The molecule has 0 saturated carbocycles. The number of carbonyl (C=O) groups is 1.